The van der Waals surface area contributed by atoms with E-state index in [2.05, 4.69) is 10.1 Å². The van der Waals surface area contributed by atoms with Crippen molar-refractivity contribution in [2.45, 2.75) is 44.9 Å². The zero-order chi connectivity index (χ0) is 25.4. The summed E-state index contributed by atoms with van der Waals surface area (Å²) in [5.41, 5.74) is 2.25. The van der Waals surface area contributed by atoms with Crippen LogP contribution in [0, 0.1) is 18.6 Å². The number of methoxy groups -OCH3 is 1. The zero-order valence-corrected chi connectivity index (χ0v) is 20.4. The molecule has 0 radical (unpaired) electrons. The lowest BCUT2D eigenvalue weighted by atomic mass is 9.89. The monoisotopic (exact) mass is 494 g/mol. The van der Waals surface area contributed by atoms with Crippen LogP contribution in [0.2, 0.25) is 0 Å². The van der Waals surface area contributed by atoms with Crippen molar-refractivity contribution >= 4 is 11.9 Å². The Hall–Kier alpha value is -3.72. The molecule has 188 valence electrons. The number of ether oxygens (including phenoxy) is 1. The highest BCUT2D eigenvalue weighted by molar-refractivity contribution is 6.03. The number of aliphatic hydroxyl groups is 1. The Morgan fingerprint density at radius 1 is 1.22 bits per heavy atom. The minimum absolute atomic E-state index is 0.191. The molecule has 1 saturated heterocycles. The molecule has 9 heteroatoms. The van der Waals surface area contributed by atoms with Crippen LogP contribution in [0.3, 0.4) is 0 Å². The minimum Gasteiger partial charge on any atom is -0.495 e. The Labute approximate surface area is 208 Å². The third-order valence-electron chi connectivity index (χ3n) is 6.69. The van der Waals surface area contributed by atoms with Gasteiger partial charge in [0.15, 0.2) is 5.84 Å². The standard InChI is InChI=1S/C27H28F2N4O3/c1-4-25(34)27(20-12-21(28)14-22(29)13-20)33-9-5-6-19(26(33)31-36-27)10-18-7-8-23(24(11-18)35-3)32-15-17(2)30-16-32/h7-8,10-16,25,34H,4-6,9H2,1-3H3. The zero-order valence-electron chi connectivity index (χ0n) is 20.4. The van der Waals surface area contributed by atoms with Crippen molar-refractivity contribution in [3.63, 3.8) is 0 Å². The van der Waals surface area contributed by atoms with Gasteiger partial charge in [-0.05, 0) is 67.7 Å². The molecule has 36 heavy (non-hydrogen) atoms. The molecule has 0 amide bonds. The van der Waals surface area contributed by atoms with Crippen molar-refractivity contribution in [3.8, 4) is 11.4 Å². The van der Waals surface area contributed by atoms with Crippen LogP contribution in [-0.2, 0) is 10.6 Å². The minimum atomic E-state index is -1.51. The lowest BCUT2D eigenvalue weighted by Gasteiger charge is -2.42. The van der Waals surface area contributed by atoms with Gasteiger partial charge in [0.05, 0.1) is 24.8 Å². The van der Waals surface area contributed by atoms with Crippen LogP contribution in [-0.4, -0.2) is 45.2 Å². The van der Waals surface area contributed by atoms with Crippen LogP contribution in [0.5, 0.6) is 5.75 Å². The van der Waals surface area contributed by atoms with E-state index in [0.717, 1.165) is 41.4 Å². The normalized spacial score (nSPS) is 21.2. The number of hydrogen-bond donors (Lipinski definition) is 1. The molecule has 2 aromatic carbocycles. The second-order valence-corrected chi connectivity index (χ2v) is 9.06. The molecule has 2 aliphatic rings. The van der Waals surface area contributed by atoms with E-state index >= 15 is 0 Å². The smallest absolute Gasteiger partial charge is 0.263 e. The van der Waals surface area contributed by atoms with Gasteiger partial charge in [0.1, 0.15) is 23.5 Å². The van der Waals surface area contributed by atoms with Gasteiger partial charge < -0.3 is 24.1 Å². The summed E-state index contributed by atoms with van der Waals surface area (Å²) < 4.78 is 35.9. The number of hydrogen-bond acceptors (Lipinski definition) is 6. The Balaban J connectivity index is 1.52. The summed E-state index contributed by atoms with van der Waals surface area (Å²) in [6.45, 7) is 4.24. The number of oxime groups is 1. The van der Waals surface area contributed by atoms with Gasteiger partial charge in [0.25, 0.3) is 5.72 Å². The number of imidazole rings is 1. The first-order valence-corrected chi connectivity index (χ1v) is 11.9. The summed E-state index contributed by atoms with van der Waals surface area (Å²) in [5, 5.41) is 15.4. The molecule has 2 unspecified atom stereocenters. The van der Waals surface area contributed by atoms with Crippen molar-refractivity contribution < 1.29 is 23.5 Å². The van der Waals surface area contributed by atoms with Gasteiger partial charge in [-0.1, -0.05) is 18.1 Å². The maximum absolute atomic E-state index is 14.2. The Morgan fingerprint density at radius 2 is 2.00 bits per heavy atom. The van der Waals surface area contributed by atoms with Gasteiger partial charge in [0.2, 0.25) is 0 Å². The molecule has 2 atom stereocenters. The first kappa shape index (κ1) is 24.0. The summed E-state index contributed by atoms with van der Waals surface area (Å²) in [6.07, 6.45) is 6.41. The molecule has 1 aromatic heterocycles. The van der Waals surface area contributed by atoms with E-state index in [4.69, 9.17) is 9.57 Å². The molecule has 2 aliphatic heterocycles. The SMILES string of the molecule is CCC(O)C1(c2cc(F)cc(F)c2)ON=C2C(=Cc3ccc(-n4cnc(C)c4)c(OC)c3)CCCN21. The first-order chi connectivity index (χ1) is 17.3. The predicted octanol–water partition coefficient (Wildman–Crippen LogP) is 4.91. The van der Waals surface area contributed by atoms with Gasteiger partial charge in [-0.2, -0.15) is 0 Å². The van der Waals surface area contributed by atoms with Crippen LogP contribution in [0.15, 0.2) is 59.7 Å². The summed E-state index contributed by atoms with van der Waals surface area (Å²) in [4.78, 5) is 12.0. The Bertz CT molecular complexity index is 1330. The first-order valence-electron chi connectivity index (χ1n) is 11.9. The number of benzene rings is 2. The molecule has 0 bridgehead atoms. The highest BCUT2D eigenvalue weighted by Crippen LogP contribution is 2.44. The average Bonchev–Trinajstić information content (AvgIpc) is 3.48. The van der Waals surface area contributed by atoms with E-state index in [0.29, 0.717) is 24.6 Å². The van der Waals surface area contributed by atoms with Crippen LogP contribution in [0.25, 0.3) is 11.8 Å². The van der Waals surface area contributed by atoms with Gasteiger partial charge in [0, 0.05) is 24.4 Å². The lowest BCUT2D eigenvalue weighted by molar-refractivity contribution is -0.180. The van der Waals surface area contributed by atoms with Gasteiger partial charge in [-0.25, -0.2) is 13.8 Å². The number of aryl methyl sites for hydroxylation is 1. The molecule has 0 spiro atoms. The van der Waals surface area contributed by atoms with Crippen LogP contribution in [0.1, 0.15) is 43.0 Å². The fourth-order valence-electron chi connectivity index (χ4n) is 4.98. The molecule has 3 heterocycles. The van der Waals surface area contributed by atoms with E-state index in [1.165, 1.54) is 12.1 Å². The van der Waals surface area contributed by atoms with E-state index in [9.17, 15) is 13.9 Å². The van der Waals surface area contributed by atoms with Crippen molar-refractivity contribution in [3.05, 3.63) is 83.0 Å². The highest BCUT2D eigenvalue weighted by Gasteiger charge is 2.54. The van der Waals surface area contributed by atoms with Gasteiger partial charge in [-0.15, -0.1) is 0 Å². The fourth-order valence-corrected chi connectivity index (χ4v) is 4.98. The highest BCUT2D eigenvalue weighted by atomic mass is 19.1. The van der Waals surface area contributed by atoms with Crippen LogP contribution >= 0.6 is 0 Å². The van der Waals surface area contributed by atoms with Crippen molar-refractivity contribution in [1.29, 1.82) is 0 Å². The summed E-state index contributed by atoms with van der Waals surface area (Å²) in [6, 6.07) is 9.06. The fraction of sp³-hybridized carbons (Fsp3) is 0.333. The van der Waals surface area contributed by atoms with Gasteiger partial charge in [-0.3, -0.25) is 0 Å². The number of fused-ring (bicyclic) bond motifs is 1. The second-order valence-electron chi connectivity index (χ2n) is 9.06. The van der Waals surface area contributed by atoms with E-state index in [-0.39, 0.29) is 5.56 Å². The van der Waals surface area contributed by atoms with Gasteiger partial charge >= 0.3 is 0 Å². The predicted molar refractivity (Wildman–Crippen MR) is 132 cm³/mol. The molecule has 0 aliphatic carbocycles. The quantitative estimate of drug-likeness (QED) is 0.527. The lowest BCUT2D eigenvalue weighted by Crippen LogP contribution is -2.55. The molecular weight excluding hydrogens is 466 g/mol. The number of rotatable bonds is 6. The van der Waals surface area contributed by atoms with Crippen molar-refractivity contribution in [1.82, 2.24) is 14.5 Å². The molecule has 7 nitrogen and oxygen atoms in total. The third kappa shape index (κ3) is 4.03. The van der Waals surface area contributed by atoms with E-state index < -0.39 is 23.5 Å². The van der Waals surface area contributed by atoms with E-state index in [1.807, 2.05) is 46.9 Å². The number of aliphatic hydroxyl groups excluding tert-OH is 1. The third-order valence-corrected chi connectivity index (χ3v) is 6.69. The number of aromatic nitrogens is 2. The topological polar surface area (TPSA) is 72.1 Å². The summed E-state index contributed by atoms with van der Waals surface area (Å²) >= 11 is 0. The van der Waals surface area contributed by atoms with Crippen LogP contribution < -0.4 is 4.74 Å². The van der Waals surface area contributed by atoms with Crippen LogP contribution in [0.4, 0.5) is 8.78 Å². The van der Waals surface area contributed by atoms with E-state index in [1.54, 1.807) is 20.4 Å². The maximum atomic E-state index is 14.2. The number of amidine groups is 1. The Morgan fingerprint density at radius 3 is 2.67 bits per heavy atom. The molecular formula is C27H28F2N4O3. The average molecular weight is 495 g/mol. The molecule has 3 aromatic rings. The molecule has 1 fully saturated rings. The van der Waals surface area contributed by atoms with Crippen molar-refractivity contribution in [2.24, 2.45) is 5.16 Å². The molecule has 1 N–H and O–H groups in total. The largest absolute Gasteiger partial charge is 0.495 e. The maximum Gasteiger partial charge on any atom is 0.263 e. The number of halogens is 2. The van der Waals surface area contributed by atoms with Crippen molar-refractivity contribution in [2.75, 3.05) is 13.7 Å². The molecule has 0 saturated carbocycles. The second kappa shape index (κ2) is 9.39. The molecule has 5 rings (SSSR count). The number of piperidine rings is 1. The summed E-state index contributed by atoms with van der Waals surface area (Å²) in [7, 11) is 1.62. The Kier molecular flexibility index (Phi) is 6.26. The number of nitrogens with zero attached hydrogens (tertiary/aromatic N) is 4. The summed E-state index contributed by atoms with van der Waals surface area (Å²) in [5.74, 6) is -0.243.